The Balaban J connectivity index is 1.94. The first-order valence-electron chi connectivity index (χ1n) is 6.44. The molecule has 1 fully saturated rings. The second-order valence-electron chi connectivity index (χ2n) is 4.86. The van der Waals surface area contributed by atoms with E-state index in [9.17, 15) is 4.79 Å². The number of carboxylic acids is 1. The number of hydrogen-bond donors (Lipinski definition) is 1. The minimum absolute atomic E-state index is 0.196. The molecule has 0 amide bonds. The van der Waals surface area contributed by atoms with Crippen LogP contribution in [-0.4, -0.2) is 52.7 Å². The number of nitrogens with zero attached hydrogens (tertiary/aromatic N) is 3. The highest BCUT2D eigenvalue weighted by atomic mass is 16.5. The average Bonchev–Trinajstić information content (AvgIpc) is 2.42. The highest BCUT2D eigenvalue weighted by Crippen LogP contribution is 2.19. The molecule has 0 spiro atoms. The number of piperidine rings is 1. The fourth-order valence-corrected chi connectivity index (χ4v) is 2.42. The van der Waals surface area contributed by atoms with Crippen LogP contribution in [0.1, 0.15) is 28.9 Å². The van der Waals surface area contributed by atoms with Crippen LogP contribution in [0.5, 0.6) is 0 Å². The lowest BCUT2D eigenvalue weighted by Gasteiger charge is -2.31. The third-order valence-corrected chi connectivity index (χ3v) is 3.51. The molecular formula is C13H19N3O3. The van der Waals surface area contributed by atoms with Gasteiger partial charge in [-0.25, -0.2) is 14.8 Å². The van der Waals surface area contributed by atoms with Crippen molar-refractivity contribution in [1.29, 1.82) is 0 Å². The third kappa shape index (κ3) is 3.71. The van der Waals surface area contributed by atoms with Crippen LogP contribution in [0.4, 0.5) is 0 Å². The Morgan fingerprint density at radius 3 is 2.89 bits per heavy atom. The van der Waals surface area contributed by atoms with Crippen molar-refractivity contribution in [2.24, 2.45) is 5.92 Å². The molecule has 0 radical (unpaired) electrons. The first-order chi connectivity index (χ1) is 9.20. The number of methoxy groups -OCH3 is 1. The van der Waals surface area contributed by atoms with Gasteiger partial charge < -0.3 is 9.84 Å². The van der Waals surface area contributed by atoms with Gasteiger partial charge in [0.25, 0.3) is 0 Å². The van der Waals surface area contributed by atoms with Crippen LogP contribution in [-0.2, 0) is 11.3 Å². The Bertz CT molecular complexity index is 431. The molecule has 2 rings (SSSR count). The highest BCUT2D eigenvalue weighted by molar-refractivity contribution is 5.88. The lowest BCUT2D eigenvalue weighted by molar-refractivity contribution is 0.0690. The lowest BCUT2D eigenvalue weighted by atomic mass is 9.97. The fourth-order valence-electron chi connectivity index (χ4n) is 2.42. The summed E-state index contributed by atoms with van der Waals surface area (Å²) in [4.78, 5) is 21.2. The number of rotatable bonds is 5. The molecule has 0 atom stereocenters. The van der Waals surface area contributed by atoms with Gasteiger partial charge >= 0.3 is 5.97 Å². The number of carbonyl (C=O) groups is 1. The summed E-state index contributed by atoms with van der Waals surface area (Å²) < 4.78 is 5.17. The van der Waals surface area contributed by atoms with Crippen molar-refractivity contribution >= 4 is 5.97 Å². The molecule has 0 saturated carbocycles. The van der Waals surface area contributed by atoms with E-state index >= 15 is 0 Å². The molecule has 2 heterocycles. The normalized spacial score (nSPS) is 17.5. The zero-order valence-corrected chi connectivity index (χ0v) is 11.1. The van der Waals surface area contributed by atoms with Crippen LogP contribution in [0.2, 0.25) is 0 Å². The molecule has 1 aromatic rings. The summed E-state index contributed by atoms with van der Waals surface area (Å²) in [6, 6.07) is 0. The molecule has 0 bridgehead atoms. The van der Waals surface area contributed by atoms with E-state index in [0.29, 0.717) is 18.2 Å². The van der Waals surface area contributed by atoms with E-state index in [-0.39, 0.29) is 5.56 Å². The molecule has 1 aromatic heterocycles. The molecule has 0 unspecified atom stereocenters. The number of aromatic nitrogens is 2. The van der Waals surface area contributed by atoms with Crippen molar-refractivity contribution in [3.63, 3.8) is 0 Å². The Morgan fingerprint density at radius 1 is 1.53 bits per heavy atom. The van der Waals surface area contributed by atoms with Crippen LogP contribution in [0.25, 0.3) is 0 Å². The fraction of sp³-hybridized carbons (Fsp3) is 0.615. The summed E-state index contributed by atoms with van der Waals surface area (Å²) >= 11 is 0. The van der Waals surface area contributed by atoms with Crippen LogP contribution in [0, 0.1) is 5.92 Å². The van der Waals surface area contributed by atoms with Crippen molar-refractivity contribution in [1.82, 2.24) is 14.9 Å². The minimum atomic E-state index is -0.968. The Hall–Kier alpha value is -1.53. The second kappa shape index (κ2) is 6.58. The predicted molar refractivity (Wildman–Crippen MR) is 68.9 cm³/mol. The van der Waals surface area contributed by atoms with E-state index in [1.807, 2.05) is 0 Å². The number of carboxylic acid groups (broad SMARTS) is 1. The zero-order chi connectivity index (χ0) is 13.7. The highest BCUT2D eigenvalue weighted by Gasteiger charge is 2.21. The largest absolute Gasteiger partial charge is 0.478 e. The van der Waals surface area contributed by atoms with Gasteiger partial charge in [-0.2, -0.15) is 0 Å². The van der Waals surface area contributed by atoms with E-state index in [2.05, 4.69) is 14.9 Å². The Labute approximate surface area is 112 Å². The van der Waals surface area contributed by atoms with Gasteiger partial charge in [-0.3, -0.25) is 4.90 Å². The van der Waals surface area contributed by atoms with E-state index < -0.39 is 5.97 Å². The number of hydrogen-bond acceptors (Lipinski definition) is 5. The Kier molecular flexibility index (Phi) is 4.81. The number of aromatic carboxylic acids is 1. The van der Waals surface area contributed by atoms with Crippen LogP contribution in [0.3, 0.4) is 0 Å². The monoisotopic (exact) mass is 265 g/mol. The summed E-state index contributed by atoms with van der Waals surface area (Å²) in [5.74, 6) is -0.351. The van der Waals surface area contributed by atoms with Gasteiger partial charge in [-0.15, -0.1) is 0 Å². The summed E-state index contributed by atoms with van der Waals surface area (Å²) in [7, 11) is 1.73. The van der Waals surface area contributed by atoms with Crippen LogP contribution >= 0.6 is 0 Å². The van der Waals surface area contributed by atoms with Crippen molar-refractivity contribution in [2.45, 2.75) is 19.4 Å². The van der Waals surface area contributed by atoms with Crippen molar-refractivity contribution in [2.75, 3.05) is 26.8 Å². The minimum Gasteiger partial charge on any atom is -0.478 e. The molecular weight excluding hydrogens is 246 g/mol. The van der Waals surface area contributed by atoms with Crippen molar-refractivity contribution in [3.8, 4) is 0 Å². The van der Waals surface area contributed by atoms with Gasteiger partial charge in [-0.05, 0) is 31.8 Å². The second-order valence-corrected chi connectivity index (χ2v) is 4.86. The van der Waals surface area contributed by atoms with Gasteiger partial charge in [-0.1, -0.05) is 0 Å². The van der Waals surface area contributed by atoms with Gasteiger partial charge in [0.15, 0.2) is 0 Å². The van der Waals surface area contributed by atoms with Gasteiger partial charge in [0.1, 0.15) is 11.9 Å². The molecule has 6 heteroatoms. The van der Waals surface area contributed by atoms with E-state index in [0.717, 1.165) is 32.5 Å². The van der Waals surface area contributed by atoms with Crippen LogP contribution in [0.15, 0.2) is 12.5 Å². The molecule has 0 aromatic carbocycles. The molecule has 1 aliphatic rings. The molecule has 6 nitrogen and oxygen atoms in total. The summed E-state index contributed by atoms with van der Waals surface area (Å²) in [5.41, 5.74) is 0.786. The number of ether oxygens (including phenoxy) is 1. The standard InChI is InChI=1S/C13H19N3O3/c1-19-8-10-2-4-16(5-3-10)7-12-11(13(17)18)6-14-9-15-12/h6,9-10H,2-5,7-8H2,1H3,(H,17,18). The van der Waals surface area contributed by atoms with E-state index in [1.54, 1.807) is 7.11 Å². The van der Waals surface area contributed by atoms with Gasteiger partial charge in [0.2, 0.25) is 0 Å². The lowest BCUT2D eigenvalue weighted by Crippen LogP contribution is -2.35. The molecule has 19 heavy (non-hydrogen) atoms. The first kappa shape index (κ1) is 13.9. The third-order valence-electron chi connectivity index (χ3n) is 3.51. The smallest absolute Gasteiger partial charge is 0.339 e. The van der Waals surface area contributed by atoms with Crippen molar-refractivity contribution in [3.05, 3.63) is 23.8 Å². The molecule has 1 saturated heterocycles. The molecule has 104 valence electrons. The van der Waals surface area contributed by atoms with E-state index in [1.165, 1.54) is 12.5 Å². The van der Waals surface area contributed by atoms with E-state index in [4.69, 9.17) is 9.84 Å². The maximum Gasteiger partial charge on any atom is 0.339 e. The average molecular weight is 265 g/mol. The predicted octanol–water partition coefficient (Wildman–Crippen LogP) is 1.03. The topological polar surface area (TPSA) is 75.5 Å². The van der Waals surface area contributed by atoms with Crippen LogP contribution < -0.4 is 0 Å². The number of likely N-dealkylation sites (tertiary alicyclic amines) is 1. The first-order valence-corrected chi connectivity index (χ1v) is 6.44. The maximum atomic E-state index is 11.1. The van der Waals surface area contributed by atoms with Gasteiger partial charge in [0, 0.05) is 26.5 Å². The van der Waals surface area contributed by atoms with Crippen molar-refractivity contribution < 1.29 is 14.6 Å². The zero-order valence-electron chi connectivity index (χ0n) is 11.1. The maximum absolute atomic E-state index is 11.1. The molecule has 1 N–H and O–H groups in total. The van der Waals surface area contributed by atoms with Gasteiger partial charge in [0.05, 0.1) is 5.69 Å². The quantitative estimate of drug-likeness (QED) is 0.857. The summed E-state index contributed by atoms with van der Waals surface area (Å²) in [6.07, 6.45) is 4.93. The SMILES string of the molecule is COCC1CCN(Cc2ncncc2C(=O)O)CC1. The molecule has 1 aliphatic heterocycles. The Morgan fingerprint density at radius 2 is 2.26 bits per heavy atom. The summed E-state index contributed by atoms with van der Waals surface area (Å²) in [5, 5.41) is 9.09. The molecule has 0 aliphatic carbocycles. The summed E-state index contributed by atoms with van der Waals surface area (Å²) in [6.45, 7) is 3.29.